The molecule has 3 nitrogen and oxygen atoms in total. The number of aryl methyl sites for hydroxylation is 3. The van der Waals surface area contributed by atoms with E-state index in [9.17, 15) is 5.11 Å². The third-order valence-corrected chi connectivity index (χ3v) is 3.95. The predicted molar refractivity (Wildman–Crippen MR) is 65.7 cm³/mol. The Morgan fingerprint density at radius 2 is 2.25 bits per heavy atom. The zero-order chi connectivity index (χ0) is 11.7. The van der Waals surface area contributed by atoms with Crippen molar-refractivity contribution in [2.45, 2.75) is 26.4 Å². The first-order valence-corrected chi connectivity index (χ1v) is 6.10. The first-order chi connectivity index (χ1) is 7.56. The lowest BCUT2D eigenvalue weighted by atomic mass is 10.1. The lowest BCUT2D eigenvalue weighted by Gasteiger charge is -2.05. The van der Waals surface area contributed by atoms with Gasteiger partial charge in [-0.2, -0.15) is 5.10 Å². The molecule has 0 saturated heterocycles. The van der Waals surface area contributed by atoms with E-state index in [4.69, 9.17) is 0 Å². The van der Waals surface area contributed by atoms with Crippen LogP contribution in [0, 0.1) is 13.8 Å². The van der Waals surface area contributed by atoms with Crippen molar-refractivity contribution in [2.75, 3.05) is 0 Å². The van der Waals surface area contributed by atoms with Crippen molar-refractivity contribution >= 4 is 11.3 Å². The third kappa shape index (κ3) is 2.33. The van der Waals surface area contributed by atoms with Crippen molar-refractivity contribution in [3.63, 3.8) is 0 Å². The van der Waals surface area contributed by atoms with Gasteiger partial charge < -0.3 is 5.11 Å². The molecule has 16 heavy (non-hydrogen) atoms. The standard InChI is InChI=1S/C12H16N2OS/c1-8-4-12(16-9(8)2)11(15)5-10-6-13-14(3)7-10/h4,6-7,11,15H,5H2,1-3H3. The van der Waals surface area contributed by atoms with Gasteiger partial charge in [-0.15, -0.1) is 11.3 Å². The second kappa shape index (κ2) is 4.39. The van der Waals surface area contributed by atoms with Crippen LogP contribution in [0.3, 0.4) is 0 Å². The van der Waals surface area contributed by atoms with Crippen molar-refractivity contribution < 1.29 is 5.11 Å². The molecular formula is C12H16N2OS. The summed E-state index contributed by atoms with van der Waals surface area (Å²) >= 11 is 1.67. The van der Waals surface area contributed by atoms with Crippen LogP contribution >= 0.6 is 11.3 Å². The number of aliphatic hydroxyl groups excluding tert-OH is 1. The second-order valence-electron chi connectivity index (χ2n) is 4.13. The molecule has 0 aliphatic rings. The topological polar surface area (TPSA) is 38.1 Å². The Bertz CT molecular complexity index is 467. The average Bonchev–Trinajstić information content (AvgIpc) is 2.75. The van der Waals surface area contributed by atoms with Crippen LogP contribution in [0.25, 0.3) is 0 Å². The van der Waals surface area contributed by atoms with Crippen LogP contribution in [0.5, 0.6) is 0 Å². The van der Waals surface area contributed by atoms with Gasteiger partial charge in [0.05, 0.1) is 12.3 Å². The minimum atomic E-state index is -0.415. The Kier molecular flexibility index (Phi) is 3.12. The summed E-state index contributed by atoms with van der Waals surface area (Å²) in [4.78, 5) is 2.32. The molecule has 0 fully saturated rings. The highest BCUT2D eigenvalue weighted by atomic mass is 32.1. The Hall–Kier alpha value is -1.13. The molecule has 0 aliphatic heterocycles. The van der Waals surface area contributed by atoms with Crippen molar-refractivity contribution in [2.24, 2.45) is 7.05 Å². The molecule has 0 bridgehead atoms. The first kappa shape index (κ1) is 11.4. The SMILES string of the molecule is Cc1cc(C(O)Cc2cnn(C)c2)sc1C. The fourth-order valence-corrected chi connectivity index (χ4v) is 2.70. The normalized spacial score (nSPS) is 13.0. The van der Waals surface area contributed by atoms with Gasteiger partial charge in [-0.1, -0.05) is 0 Å². The molecule has 1 N–H and O–H groups in total. The monoisotopic (exact) mass is 236 g/mol. The van der Waals surface area contributed by atoms with Gasteiger partial charge in [-0.05, 0) is 31.0 Å². The zero-order valence-electron chi connectivity index (χ0n) is 9.77. The minimum absolute atomic E-state index is 0.415. The lowest BCUT2D eigenvalue weighted by molar-refractivity contribution is 0.182. The van der Waals surface area contributed by atoms with E-state index in [1.165, 1.54) is 10.4 Å². The smallest absolute Gasteiger partial charge is 0.0923 e. The van der Waals surface area contributed by atoms with Crippen LogP contribution in [0.1, 0.15) is 27.0 Å². The van der Waals surface area contributed by atoms with E-state index in [1.807, 2.05) is 13.2 Å². The summed E-state index contributed by atoms with van der Waals surface area (Å²) < 4.78 is 1.76. The van der Waals surface area contributed by atoms with Crippen molar-refractivity contribution in [3.05, 3.63) is 39.3 Å². The highest BCUT2D eigenvalue weighted by molar-refractivity contribution is 7.12. The number of nitrogens with zero attached hydrogens (tertiary/aromatic N) is 2. The maximum absolute atomic E-state index is 10.1. The largest absolute Gasteiger partial charge is 0.387 e. The number of hydrogen-bond acceptors (Lipinski definition) is 3. The molecular weight excluding hydrogens is 220 g/mol. The summed E-state index contributed by atoms with van der Waals surface area (Å²) in [5, 5.41) is 14.2. The van der Waals surface area contributed by atoms with Crippen LogP contribution in [-0.2, 0) is 13.5 Å². The number of rotatable bonds is 3. The molecule has 2 heterocycles. The van der Waals surface area contributed by atoms with Gasteiger partial charge in [0.15, 0.2) is 0 Å². The molecule has 2 rings (SSSR count). The van der Waals surface area contributed by atoms with Gasteiger partial charge >= 0.3 is 0 Å². The minimum Gasteiger partial charge on any atom is -0.387 e. The maximum atomic E-state index is 10.1. The van der Waals surface area contributed by atoms with E-state index in [-0.39, 0.29) is 0 Å². The van der Waals surface area contributed by atoms with Crippen LogP contribution < -0.4 is 0 Å². The van der Waals surface area contributed by atoms with Gasteiger partial charge in [-0.25, -0.2) is 0 Å². The fourth-order valence-electron chi connectivity index (χ4n) is 1.67. The predicted octanol–water partition coefficient (Wildman–Crippen LogP) is 2.37. The molecule has 86 valence electrons. The molecule has 1 unspecified atom stereocenters. The van der Waals surface area contributed by atoms with Gasteiger partial charge in [0, 0.05) is 29.4 Å². The van der Waals surface area contributed by atoms with E-state index in [0.29, 0.717) is 6.42 Å². The molecule has 0 aromatic carbocycles. The summed E-state index contributed by atoms with van der Waals surface area (Å²) in [6, 6.07) is 2.07. The van der Waals surface area contributed by atoms with E-state index < -0.39 is 6.10 Å². The summed E-state index contributed by atoms with van der Waals surface area (Å²) in [6.07, 6.45) is 3.96. The van der Waals surface area contributed by atoms with Crippen molar-refractivity contribution in [1.82, 2.24) is 9.78 Å². The molecule has 0 aliphatic carbocycles. The van der Waals surface area contributed by atoms with Crippen molar-refractivity contribution in [3.8, 4) is 0 Å². The molecule has 2 aromatic heterocycles. The lowest BCUT2D eigenvalue weighted by Crippen LogP contribution is -1.98. The number of thiophene rings is 1. The maximum Gasteiger partial charge on any atom is 0.0923 e. The first-order valence-electron chi connectivity index (χ1n) is 5.29. The Morgan fingerprint density at radius 1 is 1.50 bits per heavy atom. The van der Waals surface area contributed by atoms with Gasteiger partial charge in [0.2, 0.25) is 0 Å². The Morgan fingerprint density at radius 3 is 2.75 bits per heavy atom. The molecule has 1 atom stereocenters. The number of aromatic nitrogens is 2. The molecule has 0 spiro atoms. The van der Waals surface area contributed by atoms with E-state index in [1.54, 1.807) is 22.2 Å². The fraction of sp³-hybridized carbons (Fsp3) is 0.417. The van der Waals surface area contributed by atoms with E-state index >= 15 is 0 Å². The molecule has 2 aromatic rings. The quantitative estimate of drug-likeness (QED) is 0.888. The highest BCUT2D eigenvalue weighted by Crippen LogP contribution is 2.28. The van der Waals surface area contributed by atoms with Gasteiger partial charge in [0.25, 0.3) is 0 Å². The Balaban J connectivity index is 2.11. The van der Waals surface area contributed by atoms with Crippen LogP contribution in [0.2, 0.25) is 0 Å². The highest BCUT2D eigenvalue weighted by Gasteiger charge is 2.13. The molecule has 0 radical (unpaired) electrons. The average molecular weight is 236 g/mol. The van der Waals surface area contributed by atoms with Crippen LogP contribution in [-0.4, -0.2) is 14.9 Å². The molecule has 0 amide bonds. The summed E-state index contributed by atoms with van der Waals surface area (Å²) in [7, 11) is 1.88. The summed E-state index contributed by atoms with van der Waals surface area (Å²) in [5.74, 6) is 0. The number of aliphatic hydroxyl groups is 1. The summed E-state index contributed by atoms with van der Waals surface area (Å²) in [5.41, 5.74) is 2.32. The van der Waals surface area contributed by atoms with Crippen LogP contribution in [0.4, 0.5) is 0 Å². The second-order valence-corrected chi connectivity index (χ2v) is 5.42. The van der Waals surface area contributed by atoms with E-state index in [0.717, 1.165) is 10.4 Å². The third-order valence-electron chi connectivity index (χ3n) is 2.70. The van der Waals surface area contributed by atoms with E-state index in [2.05, 4.69) is 25.0 Å². The molecule has 4 heteroatoms. The number of hydrogen-bond donors (Lipinski definition) is 1. The molecule has 0 saturated carbocycles. The van der Waals surface area contributed by atoms with Gasteiger partial charge in [-0.3, -0.25) is 4.68 Å². The Labute approximate surface area is 99.4 Å². The summed E-state index contributed by atoms with van der Waals surface area (Å²) in [6.45, 7) is 4.16. The van der Waals surface area contributed by atoms with Crippen molar-refractivity contribution in [1.29, 1.82) is 0 Å². The van der Waals surface area contributed by atoms with Gasteiger partial charge in [0.1, 0.15) is 0 Å². The zero-order valence-corrected chi connectivity index (χ0v) is 10.6. The van der Waals surface area contributed by atoms with Crippen LogP contribution in [0.15, 0.2) is 18.5 Å².